The molecular formula is C28H27FN8O. The molecule has 1 amide bonds. The highest BCUT2D eigenvalue weighted by atomic mass is 19.1. The Balaban J connectivity index is 1.42. The van der Waals surface area contributed by atoms with Crippen molar-refractivity contribution in [2.45, 2.75) is 18.9 Å². The second-order valence-electron chi connectivity index (χ2n) is 9.62. The van der Waals surface area contributed by atoms with E-state index in [4.69, 9.17) is 0 Å². The lowest BCUT2D eigenvalue weighted by Crippen LogP contribution is -2.49. The zero-order chi connectivity index (χ0) is 26.2. The number of carbonyl (C=O) groups is 1. The summed E-state index contributed by atoms with van der Waals surface area (Å²) in [5.74, 6) is -0.499. The number of aryl methyl sites for hydroxylation is 2. The Morgan fingerprint density at radius 3 is 2.63 bits per heavy atom. The maximum absolute atomic E-state index is 15.4. The minimum atomic E-state index is -0.606. The minimum absolute atomic E-state index is 0.00556. The van der Waals surface area contributed by atoms with E-state index < -0.39 is 11.7 Å². The monoisotopic (exact) mass is 510 g/mol. The maximum Gasteiger partial charge on any atom is 0.262 e. The third kappa shape index (κ3) is 4.43. The third-order valence-electron chi connectivity index (χ3n) is 6.96. The molecule has 4 heterocycles. The summed E-state index contributed by atoms with van der Waals surface area (Å²) < 4.78 is 18.8. The Hall–Kier alpha value is -4.44. The van der Waals surface area contributed by atoms with Crippen LogP contribution >= 0.6 is 0 Å². The second kappa shape index (κ2) is 9.79. The molecule has 1 fully saturated rings. The number of rotatable bonds is 5. The van der Waals surface area contributed by atoms with E-state index >= 15 is 4.39 Å². The number of nitrogens with one attached hydrogen (secondary N) is 1. The van der Waals surface area contributed by atoms with Crippen LogP contribution < -0.4 is 10.2 Å². The topological polar surface area (TPSA) is 93.8 Å². The van der Waals surface area contributed by atoms with Gasteiger partial charge in [0.2, 0.25) is 0 Å². The van der Waals surface area contributed by atoms with Gasteiger partial charge in [-0.2, -0.15) is 5.10 Å². The van der Waals surface area contributed by atoms with E-state index in [0.717, 1.165) is 41.3 Å². The minimum Gasteiger partial charge on any atom is -0.315 e. The molecule has 2 aromatic carbocycles. The fraction of sp³-hybridized carbons (Fsp3) is 0.250. The molecule has 10 heteroatoms. The van der Waals surface area contributed by atoms with Gasteiger partial charge >= 0.3 is 0 Å². The molecule has 192 valence electrons. The highest BCUT2D eigenvalue weighted by Crippen LogP contribution is 2.33. The van der Waals surface area contributed by atoms with Gasteiger partial charge in [0.1, 0.15) is 17.3 Å². The summed E-state index contributed by atoms with van der Waals surface area (Å²) in [6, 6.07) is 12.4. The zero-order valence-corrected chi connectivity index (χ0v) is 21.2. The summed E-state index contributed by atoms with van der Waals surface area (Å²) in [7, 11) is 3.63. The lowest BCUT2D eigenvalue weighted by Gasteiger charge is -2.34. The Morgan fingerprint density at radius 1 is 1.05 bits per heavy atom. The van der Waals surface area contributed by atoms with Gasteiger partial charge in [0.05, 0.1) is 24.0 Å². The third-order valence-corrected chi connectivity index (χ3v) is 6.96. The van der Waals surface area contributed by atoms with E-state index in [1.54, 1.807) is 39.8 Å². The summed E-state index contributed by atoms with van der Waals surface area (Å²) in [6.07, 6.45) is 8.90. The number of halogens is 1. The van der Waals surface area contributed by atoms with Crippen LogP contribution in [-0.2, 0) is 14.1 Å². The fourth-order valence-corrected chi connectivity index (χ4v) is 5.05. The van der Waals surface area contributed by atoms with Gasteiger partial charge in [-0.05, 0) is 54.6 Å². The number of piperidine rings is 1. The summed E-state index contributed by atoms with van der Waals surface area (Å²) in [4.78, 5) is 20.3. The quantitative estimate of drug-likeness (QED) is 0.385. The van der Waals surface area contributed by atoms with E-state index in [2.05, 4.69) is 31.8 Å². The van der Waals surface area contributed by atoms with Gasteiger partial charge in [0, 0.05) is 49.5 Å². The van der Waals surface area contributed by atoms with Crippen LogP contribution in [0.1, 0.15) is 23.2 Å². The number of hydrogen-bond acceptors (Lipinski definition) is 6. The molecular weight excluding hydrogens is 483 g/mol. The number of pyridine rings is 1. The van der Waals surface area contributed by atoms with Crippen LogP contribution in [0.2, 0.25) is 0 Å². The molecule has 0 saturated carbocycles. The molecule has 1 atom stereocenters. The zero-order valence-electron chi connectivity index (χ0n) is 21.2. The van der Waals surface area contributed by atoms with Gasteiger partial charge in [-0.3, -0.25) is 19.1 Å². The molecule has 6 rings (SSSR count). The van der Waals surface area contributed by atoms with Crippen molar-refractivity contribution in [3.63, 3.8) is 0 Å². The Morgan fingerprint density at radius 2 is 1.92 bits per heavy atom. The number of aromatic nitrogens is 6. The van der Waals surface area contributed by atoms with E-state index in [1.807, 2.05) is 37.6 Å². The molecule has 3 aromatic heterocycles. The molecule has 1 N–H and O–H groups in total. The van der Waals surface area contributed by atoms with Crippen molar-refractivity contribution in [1.82, 2.24) is 35.1 Å². The van der Waals surface area contributed by atoms with E-state index in [0.29, 0.717) is 23.6 Å². The average molecular weight is 511 g/mol. The molecule has 5 aromatic rings. The van der Waals surface area contributed by atoms with Crippen molar-refractivity contribution in [2.24, 2.45) is 14.1 Å². The summed E-state index contributed by atoms with van der Waals surface area (Å²) in [6.45, 7) is 1.49. The van der Waals surface area contributed by atoms with Crippen molar-refractivity contribution in [3.05, 3.63) is 78.6 Å². The van der Waals surface area contributed by atoms with Crippen LogP contribution in [0.5, 0.6) is 0 Å². The number of amides is 1. The van der Waals surface area contributed by atoms with Crippen molar-refractivity contribution in [1.29, 1.82) is 0 Å². The van der Waals surface area contributed by atoms with Crippen LogP contribution in [-0.4, -0.2) is 54.8 Å². The van der Waals surface area contributed by atoms with Gasteiger partial charge in [-0.1, -0.05) is 23.4 Å². The molecule has 0 radical (unpaired) electrons. The molecule has 0 bridgehead atoms. The fourth-order valence-electron chi connectivity index (χ4n) is 5.05. The number of anilines is 1. The summed E-state index contributed by atoms with van der Waals surface area (Å²) in [5, 5.41) is 17.4. The Bertz CT molecular complexity index is 1640. The predicted molar refractivity (Wildman–Crippen MR) is 143 cm³/mol. The van der Waals surface area contributed by atoms with Gasteiger partial charge in [-0.25, -0.2) is 9.37 Å². The van der Waals surface area contributed by atoms with Crippen LogP contribution in [0.3, 0.4) is 0 Å². The molecule has 9 nitrogen and oxygen atoms in total. The average Bonchev–Trinajstić information content (AvgIpc) is 3.57. The van der Waals surface area contributed by atoms with Crippen LogP contribution in [0, 0.1) is 5.82 Å². The van der Waals surface area contributed by atoms with Crippen LogP contribution in [0.15, 0.2) is 67.3 Å². The molecule has 1 saturated heterocycles. The molecule has 1 aliphatic heterocycles. The molecule has 0 unspecified atom stereocenters. The lowest BCUT2D eigenvalue weighted by molar-refractivity contribution is 0.0968. The summed E-state index contributed by atoms with van der Waals surface area (Å²) in [5.41, 5.74) is 3.12. The van der Waals surface area contributed by atoms with Crippen molar-refractivity contribution in [3.8, 4) is 22.4 Å². The van der Waals surface area contributed by atoms with Crippen molar-refractivity contribution >= 4 is 22.5 Å². The Labute approximate surface area is 218 Å². The van der Waals surface area contributed by atoms with Crippen LogP contribution in [0.4, 0.5) is 10.2 Å². The largest absolute Gasteiger partial charge is 0.315 e. The standard InChI is InChI=1S/C28H27FN8O/c1-35-16-21(14-32-35)18-5-7-23-19(12-18)9-11-31-27(23)37(22-4-3-10-30-15-22)28(38)24-8-6-20(13-25(24)29)26-17-36(2)34-33-26/h5-9,11-14,16-17,22,30H,3-4,10,15H2,1-2H3/t22-/m1/s1. The van der Waals surface area contributed by atoms with Crippen molar-refractivity contribution < 1.29 is 9.18 Å². The number of benzene rings is 2. The van der Waals surface area contributed by atoms with E-state index in [-0.39, 0.29) is 11.6 Å². The van der Waals surface area contributed by atoms with Gasteiger partial charge in [-0.15, -0.1) is 5.10 Å². The first kappa shape index (κ1) is 23.9. The first-order valence-electron chi connectivity index (χ1n) is 12.6. The lowest BCUT2D eigenvalue weighted by atomic mass is 10.0. The van der Waals surface area contributed by atoms with Crippen LogP contribution in [0.25, 0.3) is 33.2 Å². The van der Waals surface area contributed by atoms with Crippen molar-refractivity contribution in [2.75, 3.05) is 18.0 Å². The first-order chi connectivity index (χ1) is 18.5. The van der Waals surface area contributed by atoms with Gasteiger partial charge in [0.25, 0.3) is 5.91 Å². The van der Waals surface area contributed by atoms with Gasteiger partial charge in [0.15, 0.2) is 0 Å². The normalized spacial score (nSPS) is 15.6. The molecule has 38 heavy (non-hydrogen) atoms. The number of nitrogens with zero attached hydrogens (tertiary/aromatic N) is 7. The van der Waals surface area contributed by atoms with Gasteiger partial charge < -0.3 is 5.32 Å². The highest BCUT2D eigenvalue weighted by molar-refractivity contribution is 6.10. The maximum atomic E-state index is 15.4. The smallest absolute Gasteiger partial charge is 0.262 e. The molecule has 0 spiro atoms. The number of hydrogen-bond donors (Lipinski definition) is 1. The predicted octanol–water partition coefficient (Wildman–Crippen LogP) is 3.97. The second-order valence-corrected chi connectivity index (χ2v) is 9.62. The summed E-state index contributed by atoms with van der Waals surface area (Å²) >= 11 is 0. The number of carbonyl (C=O) groups excluding carboxylic acids is 1. The number of fused-ring (bicyclic) bond motifs is 1. The first-order valence-corrected chi connectivity index (χ1v) is 12.6. The molecule has 0 aliphatic carbocycles. The van der Waals surface area contributed by atoms with E-state index in [1.165, 1.54) is 12.1 Å². The SMILES string of the molecule is Cn1cc(-c2ccc3c(N(C(=O)c4ccc(-c5cn(C)nn5)cc4F)[C@@H]4CCCNC4)nccc3c2)cn1. The molecule has 1 aliphatic rings. The highest BCUT2D eigenvalue weighted by Gasteiger charge is 2.31. The Kier molecular flexibility index (Phi) is 6.16. The van der Waals surface area contributed by atoms with E-state index in [9.17, 15) is 4.79 Å².